The van der Waals surface area contributed by atoms with Crippen LogP contribution in [0.2, 0.25) is 0 Å². The number of nitrogens with one attached hydrogen (secondary N) is 2. The summed E-state index contributed by atoms with van der Waals surface area (Å²) in [6.45, 7) is 5.79. The molecule has 3 aromatic heterocycles. The predicted molar refractivity (Wildman–Crippen MR) is 218 cm³/mol. The Kier molecular flexibility index (Phi) is 10.5. The average molecular weight is 795 g/mol. The quantitative estimate of drug-likeness (QED) is 0.147. The number of aromatic nitrogens is 4. The zero-order valence-electron chi connectivity index (χ0n) is 33.0. The Balaban J connectivity index is 0.832. The first kappa shape index (κ1) is 38.2. The van der Waals surface area contributed by atoms with Crippen LogP contribution in [0.4, 0.5) is 0 Å². The Labute approximate surface area is 341 Å². The maximum Gasteiger partial charge on any atom is 0.269 e. The van der Waals surface area contributed by atoms with E-state index in [0.717, 1.165) is 108 Å². The van der Waals surface area contributed by atoms with Crippen LogP contribution in [0.25, 0.3) is 33.3 Å². The van der Waals surface area contributed by atoms with Gasteiger partial charge in [-0.3, -0.25) is 39.3 Å². The first-order valence-corrected chi connectivity index (χ1v) is 20.5. The van der Waals surface area contributed by atoms with Gasteiger partial charge in [-0.05, 0) is 79.3 Å². The Morgan fingerprint density at radius 1 is 0.915 bits per heavy atom. The van der Waals surface area contributed by atoms with Gasteiger partial charge in [0, 0.05) is 93.1 Å². The summed E-state index contributed by atoms with van der Waals surface area (Å²) >= 11 is 0. The molecule has 9 rings (SSSR count). The van der Waals surface area contributed by atoms with E-state index in [2.05, 4.69) is 32.3 Å². The third-order valence-electron chi connectivity index (χ3n) is 12.2. The van der Waals surface area contributed by atoms with E-state index in [-0.39, 0.29) is 30.0 Å². The fourth-order valence-corrected chi connectivity index (χ4v) is 8.98. The standard InChI is InChI=1S/C45H46N8O6/c1-27(54)51-18-19-52-39(26-51)41(50-42(52)29-15-20-59-21-16-29)32-9-5-8-30-22-37(48-24-34(30)32)31-11-12-36(47-23-31)43(56)46-17-3-2-6-28-7-4-10-33-35(28)25-53(45(33)58)38-13-14-40(55)49-44(38)57/h4-5,7-12,22-24,29,38H,2-3,6,13-21,25-26H2,1H3,(H,46,56)(H,49,55,57). The molecule has 0 bridgehead atoms. The van der Waals surface area contributed by atoms with Gasteiger partial charge in [0.25, 0.3) is 11.8 Å². The molecule has 2 saturated heterocycles. The lowest BCUT2D eigenvalue weighted by Crippen LogP contribution is -2.52. The summed E-state index contributed by atoms with van der Waals surface area (Å²) in [7, 11) is 0. The molecule has 2 aromatic carbocycles. The van der Waals surface area contributed by atoms with Crippen molar-refractivity contribution in [3.05, 3.63) is 101 Å². The number of hydrogen-bond acceptors (Lipinski definition) is 9. The predicted octanol–water partition coefficient (Wildman–Crippen LogP) is 4.93. The molecule has 1 atom stereocenters. The van der Waals surface area contributed by atoms with Gasteiger partial charge in [-0.2, -0.15) is 0 Å². The summed E-state index contributed by atoms with van der Waals surface area (Å²) in [5.74, 6) is 0.287. The van der Waals surface area contributed by atoms with Gasteiger partial charge in [-0.25, -0.2) is 4.98 Å². The zero-order chi connectivity index (χ0) is 40.6. The number of aryl methyl sites for hydroxylation is 1. The summed E-state index contributed by atoms with van der Waals surface area (Å²) in [6.07, 6.45) is 8.21. The molecule has 4 aliphatic rings. The Morgan fingerprint density at radius 2 is 1.75 bits per heavy atom. The summed E-state index contributed by atoms with van der Waals surface area (Å²) in [6, 6.07) is 16.8. The van der Waals surface area contributed by atoms with Crippen molar-refractivity contribution in [3.8, 4) is 22.5 Å². The van der Waals surface area contributed by atoms with Crippen LogP contribution in [0.15, 0.2) is 67.0 Å². The molecule has 2 N–H and O–H groups in total. The number of hydrogen-bond donors (Lipinski definition) is 2. The summed E-state index contributed by atoms with van der Waals surface area (Å²) in [5.41, 5.74) is 7.36. The SMILES string of the molecule is CC(=O)N1CCn2c(C3CCOCC3)nc(-c3cccc4cc(-c5ccc(C(=O)NCCCCc6cccc7c6CN(C6CCC(=O)NC6=O)C7=O)nc5)ncc34)c2C1. The molecule has 59 heavy (non-hydrogen) atoms. The maximum atomic E-state index is 13.2. The van der Waals surface area contributed by atoms with E-state index >= 15 is 0 Å². The first-order valence-electron chi connectivity index (χ1n) is 20.5. The molecule has 0 spiro atoms. The fourth-order valence-electron chi connectivity index (χ4n) is 8.98. The van der Waals surface area contributed by atoms with Gasteiger partial charge in [0.15, 0.2) is 0 Å². The molecule has 5 amide bonds. The molecule has 0 radical (unpaired) electrons. The fraction of sp³-hybridized carbons (Fsp3) is 0.378. The highest BCUT2D eigenvalue weighted by atomic mass is 16.5. The van der Waals surface area contributed by atoms with Crippen molar-refractivity contribution in [3.63, 3.8) is 0 Å². The Bertz CT molecular complexity index is 2490. The molecule has 14 heteroatoms. The third-order valence-corrected chi connectivity index (χ3v) is 12.2. The smallest absolute Gasteiger partial charge is 0.269 e. The largest absolute Gasteiger partial charge is 0.381 e. The normalized spacial score (nSPS) is 18.2. The van der Waals surface area contributed by atoms with Gasteiger partial charge in [0.1, 0.15) is 17.6 Å². The van der Waals surface area contributed by atoms with Gasteiger partial charge in [-0.1, -0.05) is 30.3 Å². The Hall–Kier alpha value is -6.28. The van der Waals surface area contributed by atoms with Crippen molar-refractivity contribution >= 4 is 40.3 Å². The Morgan fingerprint density at radius 3 is 2.54 bits per heavy atom. The van der Waals surface area contributed by atoms with Crippen molar-refractivity contribution in [2.75, 3.05) is 26.3 Å². The molecular formula is C45H46N8O6. The van der Waals surface area contributed by atoms with E-state index in [1.54, 1.807) is 30.2 Å². The minimum absolute atomic E-state index is 0.0585. The van der Waals surface area contributed by atoms with Crippen LogP contribution < -0.4 is 10.6 Å². The lowest BCUT2D eigenvalue weighted by molar-refractivity contribution is -0.137. The van der Waals surface area contributed by atoms with Crippen molar-refractivity contribution in [2.24, 2.45) is 0 Å². The molecule has 14 nitrogen and oxygen atoms in total. The summed E-state index contributed by atoms with van der Waals surface area (Å²) in [4.78, 5) is 80.8. The van der Waals surface area contributed by atoms with E-state index in [4.69, 9.17) is 14.7 Å². The van der Waals surface area contributed by atoms with Crippen LogP contribution in [-0.4, -0.2) is 91.2 Å². The summed E-state index contributed by atoms with van der Waals surface area (Å²) in [5, 5.41) is 7.30. The first-order chi connectivity index (χ1) is 28.7. The number of imide groups is 1. The monoisotopic (exact) mass is 794 g/mol. The molecule has 0 aliphatic carbocycles. The molecule has 2 fully saturated rings. The van der Waals surface area contributed by atoms with E-state index in [0.29, 0.717) is 49.8 Å². The maximum absolute atomic E-state index is 13.2. The van der Waals surface area contributed by atoms with Crippen molar-refractivity contribution < 1.29 is 28.7 Å². The molecule has 4 aliphatic heterocycles. The molecule has 302 valence electrons. The second-order valence-electron chi connectivity index (χ2n) is 15.8. The van der Waals surface area contributed by atoms with Gasteiger partial charge in [0.2, 0.25) is 17.7 Å². The molecule has 5 aromatic rings. The number of unbranched alkanes of at least 4 members (excludes halogenated alkanes) is 1. The number of carbonyl (C=O) groups excluding carboxylic acids is 5. The number of imidazole rings is 1. The van der Waals surface area contributed by atoms with Crippen molar-refractivity contribution in [1.82, 2.24) is 40.0 Å². The van der Waals surface area contributed by atoms with Crippen LogP contribution in [0, 0.1) is 0 Å². The lowest BCUT2D eigenvalue weighted by atomic mass is 9.99. The van der Waals surface area contributed by atoms with E-state index < -0.39 is 11.9 Å². The van der Waals surface area contributed by atoms with Gasteiger partial charge in [-0.15, -0.1) is 0 Å². The average Bonchev–Trinajstić information content (AvgIpc) is 3.81. The molecule has 7 heterocycles. The number of fused-ring (bicyclic) bond motifs is 3. The molecular weight excluding hydrogens is 749 g/mol. The van der Waals surface area contributed by atoms with Crippen molar-refractivity contribution in [1.29, 1.82) is 0 Å². The lowest BCUT2D eigenvalue weighted by Gasteiger charge is -2.30. The number of benzene rings is 2. The second-order valence-corrected chi connectivity index (χ2v) is 15.8. The van der Waals surface area contributed by atoms with Crippen LogP contribution in [0.1, 0.15) is 94.9 Å². The third kappa shape index (κ3) is 7.48. The highest BCUT2D eigenvalue weighted by Crippen LogP contribution is 2.38. The van der Waals surface area contributed by atoms with E-state index in [9.17, 15) is 24.0 Å². The second kappa shape index (κ2) is 16.2. The van der Waals surface area contributed by atoms with Crippen LogP contribution in [0.5, 0.6) is 0 Å². The minimum atomic E-state index is -0.645. The highest BCUT2D eigenvalue weighted by molar-refractivity contribution is 6.05. The highest BCUT2D eigenvalue weighted by Gasteiger charge is 2.39. The number of ether oxygens (including phenoxy) is 1. The number of rotatable bonds is 10. The van der Waals surface area contributed by atoms with Gasteiger partial charge >= 0.3 is 0 Å². The minimum Gasteiger partial charge on any atom is -0.381 e. The van der Waals surface area contributed by atoms with E-state index in [1.165, 1.54) is 0 Å². The van der Waals surface area contributed by atoms with Crippen LogP contribution in [0.3, 0.4) is 0 Å². The topological polar surface area (TPSA) is 169 Å². The van der Waals surface area contributed by atoms with Crippen LogP contribution >= 0.6 is 0 Å². The van der Waals surface area contributed by atoms with Crippen molar-refractivity contribution in [2.45, 2.75) is 83.5 Å². The zero-order valence-corrected chi connectivity index (χ0v) is 33.0. The number of carbonyl (C=O) groups is 5. The summed E-state index contributed by atoms with van der Waals surface area (Å²) < 4.78 is 7.98. The van der Waals surface area contributed by atoms with E-state index in [1.807, 2.05) is 41.4 Å². The number of piperidine rings is 1. The molecule has 1 unspecified atom stereocenters. The number of pyridine rings is 2. The molecule has 0 saturated carbocycles. The number of nitrogens with zero attached hydrogens (tertiary/aromatic N) is 6. The van der Waals surface area contributed by atoms with Gasteiger partial charge < -0.3 is 24.4 Å². The number of amides is 5. The van der Waals surface area contributed by atoms with Crippen LogP contribution in [-0.2, 0) is 45.2 Å². The van der Waals surface area contributed by atoms with Gasteiger partial charge in [0.05, 0.1) is 23.6 Å².